The van der Waals surface area contributed by atoms with Gasteiger partial charge in [-0.1, -0.05) is 13.8 Å². The van der Waals surface area contributed by atoms with E-state index in [-0.39, 0.29) is 22.3 Å². The number of benzene rings is 1. The van der Waals surface area contributed by atoms with E-state index in [0.29, 0.717) is 11.3 Å². The van der Waals surface area contributed by atoms with Crippen LogP contribution >= 0.6 is 11.3 Å². The first-order valence-electron chi connectivity index (χ1n) is 7.15. The lowest BCUT2D eigenvalue weighted by Gasteiger charge is -2.29. The Morgan fingerprint density at radius 1 is 1.36 bits per heavy atom. The monoisotopic (exact) mass is 320 g/mol. The van der Waals surface area contributed by atoms with Crippen LogP contribution in [-0.2, 0) is 12.8 Å². The molecule has 0 saturated heterocycles. The minimum absolute atomic E-state index is 0.0586. The van der Waals surface area contributed by atoms with Crippen LogP contribution in [0.2, 0.25) is 0 Å². The molecule has 0 bridgehead atoms. The number of thiophene rings is 1. The highest BCUT2D eigenvalue weighted by Crippen LogP contribution is 2.45. The summed E-state index contributed by atoms with van der Waals surface area (Å²) >= 11 is 1.36. The third kappa shape index (κ3) is 2.50. The summed E-state index contributed by atoms with van der Waals surface area (Å²) in [4.78, 5) is 13.2. The molecule has 1 aromatic heterocycles. The molecule has 0 amide bonds. The van der Waals surface area contributed by atoms with Crippen molar-refractivity contribution in [2.45, 2.75) is 33.1 Å². The topological polar surface area (TPSA) is 57.5 Å². The van der Waals surface area contributed by atoms with Gasteiger partial charge in [0.05, 0.1) is 10.4 Å². The van der Waals surface area contributed by atoms with E-state index < -0.39 is 11.8 Å². The lowest BCUT2D eigenvalue weighted by atomic mass is 9.76. The predicted molar refractivity (Wildman–Crippen MR) is 84.1 cm³/mol. The SMILES string of the molecule is CC1(C)CCc2sc(-c3ccc(O)cc3F)c(C(=O)O)c2C1. The molecule has 5 heteroatoms. The number of carboxylic acids is 1. The molecular weight excluding hydrogens is 303 g/mol. The molecule has 116 valence electrons. The first-order valence-corrected chi connectivity index (χ1v) is 7.97. The second kappa shape index (κ2) is 5.09. The van der Waals surface area contributed by atoms with E-state index in [4.69, 9.17) is 0 Å². The molecule has 1 heterocycles. The van der Waals surface area contributed by atoms with E-state index in [1.165, 1.54) is 23.5 Å². The van der Waals surface area contributed by atoms with Crippen molar-refractivity contribution >= 4 is 17.3 Å². The molecule has 22 heavy (non-hydrogen) atoms. The highest BCUT2D eigenvalue weighted by molar-refractivity contribution is 7.16. The number of aromatic carboxylic acids is 1. The Bertz CT molecular complexity index is 762. The molecule has 0 atom stereocenters. The fraction of sp³-hybridized carbons (Fsp3) is 0.353. The average molecular weight is 320 g/mol. The number of aryl methyl sites for hydroxylation is 1. The zero-order chi connectivity index (χ0) is 16.1. The Kier molecular flexibility index (Phi) is 3.48. The number of hydrogen-bond acceptors (Lipinski definition) is 3. The van der Waals surface area contributed by atoms with Crippen molar-refractivity contribution in [3.63, 3.8) is 0 Å². The summed E-state index contributed by atoms with van der Waals surface area (Å²) in [5.41, 5.74) is 1.37. The quantitative estimate of drug-likeness (QED) is 0.858. The summed E-state index contributed by atoms with van der Waals surface area (Å²) in [6.07, 6.45) is 2.52. The maximum absolute atomic E-state index is 14.1. The largest absolute Gasteiger partial charge is 0.508 e. The molecule has 1 aromatic carbocycles. The first-order chi connectivity index (χ1) is 10.3. The fourth-order valence-corrected chi connectivity index (χ4v) is 4.36. The van der Waals surface area contributed by atoms with Crippen LogP contribution < -0.4 is 0 Å². The van der Waals surface area contributed by atoms with Crippen LogP contribution in [0.1, 0.15) is 41.1 Å². The van der Waals surface area contributed by atoms with Crippen LogP contribution in [0.25, 0.3) is 10.4 Å². The molecular formula is C17H17FO3S. The smallest absolute Gasteiger partial charge is 0.337 e. The van der Waals surface area contributed by atoms with E-state index in [0.717, 1.165) is 29.3 Å². The average Bonchev–Trinajstić information content (AvgIpc) is 2.75. The van der Waals surface area contributed by atoms with E-state index in [2.05, 4.69) is 13.8 Å². The zero-order valence-electron chi connectivity index (χ0n) is 12.4. The lowest BCUT2D eigenvalue weighted by Crippen LogP contribution is -2.22. The molecule has 2 N–H and O–H groups in total. The van der Waals surface area contributed by atoms with Crippen molar-refractivity contribution in [3.05, 3.63) is 40.0 Å². The van der Waals surface area contributed by atoms with Crippen molar-refractivity contribution in [3.8, 4) is 16.2 Å². The van der Waals surface area contributed by atoms with Gasteiger partial charge >= 0.3 is 5.97 Å². The maximum atomic E-state index is 14.1. The summed E-state index contributed by atoms with van der Waals surface area (Å²) in [6, 6.07) is 3.84. The van der Waals surface area contributed by atoms with Gasteiger partial charge in [-0.2, -0.15) is 0 Å². The van der Waals surface area contributed by atoms with E-state index in [1.807, 2.05) is 0 Å². The normalized spacial score (nSPS) is 16.3. The van der Waals surface area contributed by atoms with Gasteiger partial charge in [0.1, 0.15) is 11.6 Å². The maximum Gasteiger partial charge on any atom is 0.337 e. The van der Waals surface area contributed by atoms with Crippen molar-refractivity contribution in [2.24, 2.45) is 5.41 Å². The number of phenols is 1. The highest BCUT2D eigenvalue weighted by Gasteiger charge is 2.33. The lowest BCUT2D eigenvalue weighted by molar-refractivity contribution is 0.0696. The summed E-state index contributed by atoms with van der Waals surface area (Å²) < 4.78 is 14.1. The number of carbonyl (C=O) groups is 1. The number of rotatable bonds is 2. The molecule has 1 aliphatic carbocycles. The summed E-state index contributed by atoms with van der Waals surface area (Å²) in [7, 11) is 0. The minimum atomic E-state index is -1.02. The van der Waals surface area contributed by atoms with Gasteiger partial charge in [0.2, 0.25) is 0 Å². The van der Waals surface area contributed by atoms with E-state index in [1.54, 1.807) is 0 Å². The molecule has 0 fully saturated rings. The Hall–Kier alpha value is -1.88. The van der Waals surface area contributed by atoms with Crippen LogP contribution in [0, 0.1) is 11.2 Å². The second-order valence-electron chi connectivity index (χ2n) is 6.52. The van der Waals surface area contributed by atoms with Crippen LogP contribution in [0.4, 0.5) is 4.39 Å². The molecule has 3 nitrogen and oxygen atoms in total. The van der Waals surface area contributed by atoms with Gasteiger partial charge in [-0.25, -0.2) is 9.18 Å². The zero-order valence-corrected chi connectivity index (χ0v) is 13.3. The second-order valence-corrected chi connectivity index (χ2v) is 7.62. The van der Waals surface area contributed by atoms with Crippen LogP contribution in [-0.4, -0.2) is 16.2 Å². The third-order valence-electron chi connectivity index (χ3n) is 4.19. The molecule has 0 saturated carbocycles. The molecule has 0 unspecified atom stereocenters. The summed E-state index contributed by atoms with van der Waals surface area (Å²) in [5, 5.41) is 19.0. The van der Waals surface area contributed by atoms with Gasteiger partial charge in [0.15, 0.2) is 0 Å². The molecule has 0 spiro atoms. The Labute approximate surface area is 132 Å². The number of hydrogen-bond donors (Lipinski definition) is 2. The predicted octanol–water partition coefficient (Wildman–Crippen LogP) is 4.47. The van der Waals surface area contributed by atoms with Gasteiger partial charge in [-0.3, -0.25) is 0 Å². The molecule has 2 aromatic rings. The fourth-order valence-electron chi connectivity index (χ4n) is 3.02. The van der Waals surface area contributed by atoms with Gasteiger partial charge in [-0.15, -0.1) is 11.3 Å². The van der Waals surface area contributed by atoms with Crippen molar-refractivity contribution in [2.75, 3.05) is 0 Å². The number of aromatic hydroxyl groups is 1. The molecule has 1 aliphatic rings. The van der Waals surface area contributed by atoms with Crippen molar-refractivity contribution in [1.29, 1.82) is 0 Å². The number of carboxylic acid groups (broad SMARTS) is 1. The van der Waals surface area contributed by atoms with Crippen molar-refractivity contribution < 1.29 is 19.4 Å². The molecule has 3 rings (SSSR count). The van der Waals surface area contributed by atoms with Gasteiger partial charge in [-0.05, 0) is 42.4 Å². The molecule has 0 radical (unpaired) electrons. The van der Waals surface area contributed by atoms with Gasteiger partial charge < -0.3 is 10.2 Å². The first kappa shape index (κ1) is 15.0. The number of fused-ring (bicyclic) bond motifs is 1. The Balaban J connectivity index is 2.21. The van der Waals surface area contributed by atoms with Gasteiger partial charge in [0.25, 0.3) is 0 Å². The Morgan fingerprint density at radius 3 is 2.73 bits per heavy atom. The van der Waals surface area contributed by atoms with E-state index in [9.17, 15) is 19.4 Å². The molecule has 0 aliphatic heterocycles. The Morgan fingerprint density at radius 2 is 2.09 bits per heavy atom. The van der Waals surface area contributed by atoms with Gasteiger partial charge in [0, 0.05) is 16.5 Å². The third-order valence-corrected chi connectivity index (χ3v) is 5.51. The number of phenolic OH excluding ortho intramolecular Hbond substituents is 1. The van der Waals surface area contributed by atoms with E-state index >= 15 is 0 Å². The van der Waals surface area contributed by atoms with Crippen LogP contribution in [0.15, 0.2) is 18.2 Å². The van der Waals surface area contributed by atoms with Crippen LogP contribution in [0.3, 0.4) is 0 Å². The summed E-state index contributed by atoms with van der Waals surface area (Å²) in [5.74, 6) is -1.78. The van der Waals surface area contributed by atoms with Crippen molar-refractivity contribution in [1.82, 2.24) is 0 Å². The number of halogens is 1. The summed E-state index contributed by atoms with van der Waals surface area (Å²) in [6.45, 7) is 4.25. The van der Waals surface area contributed by atoms with Crippen LogP contribution in [0.5, 0.6) is 5.75 Å². The highest BCUT2D eigenvalue weighted by atomic mass is 32.1. The minimum Gasteiger partial charge on any atom is -0.508 e. The standard InChI is InChI=1S/C17H17FO3S/c1-17(2)6-5-13-11(8-17)14(16(20)21)15(22-13)10-4-3-9(19)7-12(10)18/h3-4,7,19H,5-6,8H2,1-2H3,(H,20,21).